The Morgan fingerprint density at radius 3 is 2.65 bits per heavy atom. The topological polar surface area (TPSA) is 56.5 Å². The molecule has 2 aromatic heterocycles. The van der Waals surface area contributed by atoms with Gasteiger partial charge < -0.3 is 4.74 Å². The molecule has 116 valence electrons. The SMILES string of the molecule is C=Cc1nc2c(C(=O)OC)c(-c3ccc(F)cc3)cc(C)n2n1. The fraction of sp³-hybridized carbons (Fsp3) is 0.118. The maximum atomic E-state index is 13.2. The van der Waals surface area contributed by atoms with Gasteiger partial charge in [-0.1, -0.05) is 18.7 Å². The number of halogens is 1. The highest BCUT2D eigenvalue weighted by molar-refractivity contribution is 6.03. The third kappa shape index (κ3) is 2.48. The summed E-state index contributed by atoms with van der Waals surface area (Å²) in [6.07, 6.45) is 1.51. The molecule has 0 aliphatic carbocycles. The Bertz CT molecular complexity index is 914. The highest BCUT2D eigenvalue weighted by atomic mass is 19.1. The van der Waals surface area contributed by atoms with Crippen molar-refractivity contribution in [1.29, 1.82) is 0 Å². The van der Waals surface area contributed by atoms with Crippen LogP contribution in [0.15, 0.2) is 36.9 Å². The molecule has 23 heavy (non-hydrogen) atoms. The zero-order valence-corrected chi connectivity index (χ0v) is 12.7. The number of nitrogens with zero attached hydrogens (tertiary/aromatic N) is 3. The fourth-order valence-electron chi connectivity index (χ4n) is 2.45. The molecule has 0 saturated heterocycles. The summed E-state index contributed by atoms with van der Waals surface area (Å²) >= 11 is 0. The maximum Gasteiger partial charge on any atom is 0.342 e. The number of benzene rings is 1. The van der Waals surface area contributed by atoms with E-state index in [9.17, 15) is 9.18 Å². The number of hydrogen-bond donors (Lipinski definition) is 0. The first-order chi connectivity index (χ1) is 11.0. The molecule has 0 amide bonds. The number of esters is 1. The standard InChI is InChI=1S/C17H14FN3O2/c1-4-14-19-16-15(17(22)23-3)13(9-10(2)21(16)20-14)11-5-7-12(18)8-6-11/h4-9H,1H2,2-3H3. The van der Waals surface area contributed by atoms with Gasteiger partial charge in [-0.25, -0.2) is 18.7 Å². The first kappa shape index (κ1) is 14.9. The molecule has 2 heterocycles. The van der Waals surface area contributed by atoms with Crippen molar-refractivity contribution >= 4 is 17.7 Å². The van der Waals surface area contributed by atoms with Crippen LogP contribution in [0.25, 0.3) is 22.9 Å². The van der Waals surface area contributed by atoms with E-state index in [0.717, 1.165) is 5.69 Å². The Labute approximate surface area is 132 Å². The van der Waals surface area contributed by atoms with Gasteiger partial charge in [-0.05, 0) is 36.8 Å². The molecule has 0 fully saturated rings. The third-order valence-electron chi connectivity index (χ3n) is 3.53. The van der Waals surface area contributed by atoms with Crippen LogP contribution in [0.4, 0.5) is 4.39 Å². The molecule has 1 aromatic carbocycles. The van der Waals surface area contributed by atoms with E-state index in [1.807, 2.05) is 6.92 Å². The zero-order valence-electron chi connectivity index (χ0n) is 12.7. The lowest BCUT2D eigenvalue weighted by molar-refractivity contribution is 0.0603. The molecule has 0 unspecified atom stereocenters. The third-order valence-corrected chi connectivity index (χ3v) is 3.53. The van der Waals surface area contributed by atoms with Gasteiger partial charge in [-0.15, -0.1) is 5.10 Å². The van der Waals surface area contributed by atoms with Crippen LogP contribution in [0.3, 0.4) is 0 Å². The van der Waals surface area contributed by atoms with Crippen LogP contribution in [0.2, 0.25) is 0 Å². The lowest BCUT2D eigenvalue weighted by Gasteiger charge is -2.11. The molecule has 6 heteroatoms. The molecule has 0 bridgehead atoms. The van der Waals surface area contributed by atoms with Crippen LogP contribution in [0.5, 0.6) is 0 Å². The van der Waals surface area contributed by atoms with Crippen LogP contribution in [-0.4, -0.2) is 27.7 Å². The Hall–Kier alpha value is -3.02. The normalized spacial score (nSPS) is 10.7. The number of methoxy groups -OCH3 is 1. The summed E-state index contributed by atoms with van der Waals surface area (Å²) in [6, 6.07) is 7.70. The molecule has 0 atom stereocenters. The van der Waals surface area contributed by atoms with Crippen molar-refractivity contribution in [2.24, 2.45) is 0 Å². The predicted molar refractivity (Wildman–Crippen MR) is 84.5 cm³/mol. The van der Waals surface area contributed by atoms with Crippen LogP contribution < -0.4 is 0 Å². The maximum absolute atomic E-state index is 13.2. The van der Waals surface area contributed by atoms with Crippen molar-refractivity contribution in [3.63, 3.8) is 0 Å². The summed E-state index contributed by atoms with van der Waals surface area (Å²) in [6.45, 7) is 5.49. The lowest BCUT2D eigenvalue weighted by atomic mass is 10.00. The number of rotatable bonds is 3. The van der Waals surface area contributed by atoms with E-state index in [1.54, 1.807) is 22.7 Å². The quantitative estimate of drug-likeness (QED) is 0.697. The molecular formula is C17H14FN3O2. The zero-order chi connectivity index (χ0) is 16.6. The fourth-order valence-corrected chi connectivity index (χ4v) is 2.45. The lowest BCUT2D eigenvalue weighted by Crippen LogP contribution is -2.09. The molecule has 3 rings (SSSR count). The summed E-state index contributed by atoms with van der Waals surface area (Å²) in [5, 5.41) is 4.28. The number of carbonyl (C=O) groups excluding carboxylic acids is 1. The van der Waals surface area contributed by atoms with E-state index in [-0.39, 0.29) is 11.4 Å². The minimum absolute atomic E-state index is 0.283. The molecule has 0 aliphatic heterocycles. The number of carbonyl (C=O) groups is 1. The number of pyridine rings is 1. The average molecular weight is 311 g/mol. The molecule has 0 saturated carbocycles. The number of hydrogen-bond acceptors (Lipinski definition) is 4. The van der Waals surface area contributed by atoms with E-state index < -0.39 is 5.97 Å². The molecule has 5 nitrogen and oxygen atoms in total. The minimum atomic E-state index is -0.530. The van der Waals surface area contributed by atoms with Crippen molar-refractivity contribution in [3.05, 3.63) is 59.8 Å². The van der Waals surface area contributed by atoms with Gasteiger partial charge in [0, 0.05) is 11.3 Å². The van der Waals surface area contributed by atoms with Gasteiger partial charge in [0.2, 0.25) is 0 Å². The van der Waals surface area contributed by atoms with Crippen LogP contribution >= 0.6 is 0 Å². The average Bonchev–Trinajstić information content (AvgIpc) is 2.99. The summed E-state index contributed by atoms with van der Waals surface area (Å²) in [4.78, 5) is 16.6. The molecule has 0 radical (unpaired) electrons. The van der Waals surface area contributed by atoms with E-state index in [0.29, 0.717) is 22.6 Å². The molecular weight excluding hydrogens is 297 g/mol. The summed E-state index contributed by atoms with van der Waals surface area (Å²) in [5.74, 6) is -0.463. The smallest absolute Gasteiger partial charge is 0.342 e. The predicted octanol–water partition coefficient (Wildman–Crippen LogP) is 3.27. The van der Waals surface area contributed by atoms with E-state index in [2.05, 4.69) is 16.7 Å². The first-order valence-corrected chi connectivity index (χ1v) is 6.92. The van der Waals surface area contributed by atoms with Gasteiger partial charge in [0.1, 0.15) is 11.4 Å². The van der Waals surface area contributed by atoms with Crippen LogP contribution in [0, 0.1) is 12.7 Å². The van der Waals surface area contributed by atoms with Crippen LogP contribution in [-0.2, 0) is 4.74 Å². The van der Waals surface area contributed by atoms with Crippen LogP contribution in [0.1, 0.15) is 21.9 Å². The van der Waals surface area contributed by atoms with E-state index >= 15 is 0 Å². The molecule has 0 aliphatic rings. The van der Waals surface area contributed by atoms with Crippen molar-refractivity contribution in [2.75, 3.05) is 7.11 Å². The second kappa shape index (κ2) is 5.64. The van der Waals surface area contributed by atoms with Crippen molar-refractivity contribution < 1.29 is 13.9 Å². The van der Waals surface area contributed by atoms with Gasteiger partial charge >= 0.3 is 5.97 Å². The first-order valence-electron chi connectivity index (χ1n) is 6.92. The molecule has 3 aromatic rings. The number of fused-ring (bicyclic) bond motifs is 1. The Balaban J connectivity index is 2.38. The molecule has 0 N–H and O–H groups in total. The molecule has 0 spiro atoms. The number of aryl methyl sites for hydroxylation is 1. The highest BCUT2D eigenvalue weighted by Gasteiger charge is 2.22. The van der Waals surface area contributed by atoms with Crippen molar-refractivity contribution in [3.8, 4) is 11.1 Å². The number of ether oxygens (including phenoxy) is 1. The van der Waals surface area contributed by atoms with Gasteiger partial charge in [-0.3, -0.25) is 0 Å². The van der Waals surface area contributed by atoms with Crippen molar-refractivity contribution in [2.45, 2.75) is 6.92 Å². The largest absolute Gasteiger partial charge is 0.465 e. The minimum Gasteiger partial charge on any atom is -0.465 e. The number of aromatic nitrogens is 3. The van der Waals surface area contributed by atoms with E-state index in [4.69, 9.17) is 4.74 Å². The summed E-state index contributed by atoms with van der Waals surface area (Å²) < 4.78 is 19.6. The van der Waals surface area contributed by atoms with Gasteiger partial charge in [0.05, 0.1) is 7.11 Å². The summed E-state index contributed by atoms with van der Waals surface area (Å²) in [5.41, 5.74) is 2.76. The second-order valence-electron chi connectivity index (χ2n) is 4.98. The Kier molecular flexibility index (Phi) is 3.65. The Morgan fingerprint density at radius 1 is 1.35 bits per heavy atom. The highest BCUT2D eigenvalue weighted by Crippen LogP contribution is 2.29. The van der Waals surface area contributed by atoms with E-state index in [1.165, 1.54) is 25.3 Å². The second-order valence-corrected chi connectivity index (χ2v) is 4.98. The van der Waals surface area contributed by atoms with Gasteiger partial charge in [-0.2, -0.15) is 0 Å². The monoisotopic (exact) mass is 311 g/mol. The van der Waals surface area contributed by atoms with Gasteiger partial charge in [0.15, 0.2) is 11.5 Å². The summed E-state index contributed by atoms with van der Waals surface area (Å²) in [7, 11) is 1.30. The van der Waals surface area contributed by atoms with Gasteiger partial charge in [0.25, 0.3) is 0 Å². The van der Waals surface area contributed by atoms with Crippen molar-refractivity contribution in [1.82, 2.24) is 14.6 Å². The Morgan fingerprint density at radius 2 is 2.04 bits per heavy atom.